The maximum absolute atomic E-state index is 13.6. The molecule has 3 aromatic rings. The van der Waals surface area contributed by atoms with Crippen molar-refractivity contribution < 1.29 is 13.7 Å². The second-order valence-electron chi connectivity index (χ2n) is 3.61. The van der Waals surface area contributed by atoms with E-state index in [0.29, 0.717) is 11.4 Å². The number of hydrogen-bond donors (Lipinski definition) is 1. The smallest absolute Gasteiger partial charge is 0.258 e. The normalized spacial score (nSPS) is 10.6. The van der Waals surface area contributed by atoms with E-state index in [4.69, 9.17) is 9.26 Å². The number of aromatic nitrogens is 5. The van der Waals surface area contributed by atoms with Crippen LogP contribution in [0.15, 0.2) is 29.0 Å². The molecule has 0 aliphatic carbocycles. The lowest BCUT2D eigenvalue weighted by Crippen LogP contribution is -1.89. The van der Waals surface area contributed by atoms with Gasteiger partial charge in [-0.3, -0.25) is 5.10 Å². The van der Waals surface area contributed by atoms with Gasteiger partial charge in [0, 0.05) is 5.56 Å². The Hall–Kier alpha value is -2.77. The molecule has 8 heteroatoms. The summed E-state index contributed by atoms with van der Waals surface area (Å²) in [5, 5.41) is 10.0. The number of methoxy groups -OCH3 is 1. The molecule has 7 nitrogen and oxygen atoms in total. The molecule has 0 radical (unpaired) electrons. The largest absolute Gasteiger partial charge is 0.494 e. The van der Waals surface area contributed by atoms with Crippen molar-refractivity contribution in [3.05, 3.63) is 30.3 Å². The van der Waals surface area contributed by atoms with Crippen molar-refractivity contribution in [2.45, 2.75) is 0 Å². The van der Waals surface area contributed by atoms with Crippen LogP contribution in [0.2, 0.25) is 0 Å². The van der Waals surface area contributed by atoms with Crippen LogP contribution in [0, 0.1) is 5.82 Å². The molecule has 96 valence electrons. The topological polar surface area (TPSA) is 89.7 Å². The summed E-state index contributed by atoms with van der Waals surface area (Å²) in [6.07, 6.45) is 1.33. The molecule has 0 bridgehead atoms. The number of rotatable bonds is 3. The van der Waals surface area contributed by atoms with Crippen molar-refractivity contribution in [1.82, 2.24) is 25.3 Å². The van der Waals surface area contributed by atoms with Gasteiger partial charge in [0.2, 0.25) is 5.82 Å². The predicted molar refractivity (Wildman–Crippen MR) is 61.6 cm³/mol. The molecule has 0 saturated heterocycles. The maximum atomic E-state index is 13.6. The molecule has 1 N–H and O–H groups in total. The predicted octanol–water partition coefficient (Wildman–Crippen LogP) is 1.67. The Bertz CT molecular complexity index is 695. The average molecular weight is 261 g/mol. The van der Waals surface area contributed by atoms with Gasteiger partial charge in [-0.05, 0) is 18.2 Å². The highest BCUT2D eigenvalue weighted by atomic mass is 19.1. The van der Waals surface area contributed by atoms with E-state index >= 15 is 0 Å². The Kier molecular flexibility index (Phi) is 2.67. The molecule has 1 aromatic carbocycles. The zero-order valence-corrected chi connectivity index (χ0v) is 9.79. The highest BCUT2D eigenvalue weighted by Gasteiger charge is 2.14. The van der Waals surface area contributed by atoms with Crippen LogP contribution in [0.3, 0.4) is 0 Å². The van der Waals surface area contributed by atoms with Crippen LogP contribution < -0.4 is 4.74 Å². The third kappa shape index (κ3) is 2.03. The fourth-order valence-corrected chi connectivity index (χ4v) is 1.55. The van der Waals surface area contributed by atoms with Gasteiger partial charge >= 0.3 is 0 Å². The lowest BCUT2D eigenvalue weighted by atomic mass is 10.2. The molecule has 2 aromatic heterocycles. The van der Waals surface area contributed by atoms with E-state index in [1.807, 2.05) is 0 Å². The third-order valence-electron chi connectivity index (χ3n) is 2.45. The summed E-state index contributed by atoms with van der Waals surface area (Å²) >= 11 is 0. The number of halogens is 1. The van der Waals surface area contributed by atoms with E-state index in [0.717, 1.165) is 0 Å². The monoisotopic (exact) mass is 261 g/mol. The quantitative estimate of drug-likeness (QED) is 0.771. The van der Waals surface area contributed by atoms with Crippen LogP contribution in [0.5, 0.6) is 5.75 Å². The number of hydrogen-bond acceptors (Lipinski definition) is 6. The Morgan fingerprint density at radius 3 is 2.95 bits per heavy atom. The minimum Gasteiger partial charge on any atom is -0.494 e. The second-order valence-corrected chi connectivity index (χ2v) is 3.61. The summed E-state index contributed by atoms with van der Waals surface area (Å²) in [4.78, 5) is 7.99. The van der Waals surface area contributed by atoms with Crippen molar-refractivity contribution in [1.29, 1.82) is 0 Å². The number of benzene rings is 1. The van der Waals surface area contributed by atoms with Gasteiger partial charge in [0.15, 0.2) is 17.4 Å². The highest BCUT2D eigenvalue weighted by molar-refractivity contribution is 5.57. The Morgan fingerprint density at radius 2 is 2.26 bits per heavy atom. The van der Waals surface area contributed by atoms with E-state index in [1.165, 1.54) is 25.6 Å². The van der Waals surface area contributed by atoms with E-state index in [-0.39, 0.29) is 17.5 Å². The summed E-state index contributed by atoms with van der Waals surface area (Å²) in [6, 6.07) is 4.37. The summed E-state index contributed by atoms with van der Waals surface area (Å²) in [5.74, 6) is 0.471. The van der Waals surface area contributed by atoms with E-state index in [1.54, 1.807) is 6.07 Å². The first-order valence-electron chi connectivity index (χ1n) is 5.31. The molecule has 0 atom stereocenters. The first kappa shape index (κ1) is 11.3. The Labute approximate surface area is 106 Å². The zero-order valence-electron chi connectivity index (χ0n) is 9.79. The summed E-state index contributed by atoms with van der Waals surface area (Å²) < 4.78 is 23.5. The van der Waals surface area contributed by atoms with Crippen LogP contribution in [0.25, 0.3) is 23.1 Å². The number of ether oxygens (including phenoxy) is 1. The molecule has 3 rings (SSSR count). The Morgan fingerprint density at radius 1 is 1.37 bits per heavy atom. The third-order valence-corrected chi connectivity index (χ3v) is 2.45. The fourth-order valence-electron chi connectivity index (χ4n) is 1.55. The van der Waals surface area contributed by atoms with Gasteiger partial charge in [0.1, 0.15) is 6.33 Å². The van der Waals surface area contributed by atoms with Crippen molar-refractivity contribution in [2.75, 3.05) is 7.11 Å². The van der Waals surface area contributed by atoms with Gasteiger partial charge in [0.25, 0.3) is 5.89 Å². The van der Waals surface area contributed by atoms with Crippen LogP contribution in [-0.2, 0) is 0 Å². The molecular formula is C11H8FN5O2. The summed E-state index contributed by atoms with van der Waals surface area (Å²) in [7, 11) is 1.40. The minimum absolute atomic E-state index is 0.152. The molecule has 0 amide bonds. The molecule has 0 fully saturated rings. The van der Waals surface area contributed by atoms with Crippen molar-refractivity contribution in [3.63, 3.8) is 0 Å². The number of nitrogens with one attached hydrogen (secondary N) is 1. The summed E-state index contributed by atoms with van der Waals surface area (Å²) in [5.41, 5.74) is 0.455. The Balaban J connectivity index is 1.97. The number of H-pyrrole nitrogens is 1. The van der Waals surface area contributed by atoms with E-state index < -0.39 is 5.82 Å². The van der Waals surface area contributed by atoms with Crippen LogP contribution in [0.1, 0.15) is 0 Å². The van der Waals surface area contributed by atoms with Gasteiger partial charge in [-0.1, -0.05) is 5.16 Å². The van der Waals surface area contributed by atoms with Gasteiger partial charge in [0.05, 0.1) is 7.11 Å². The van der Waals surface area contributed by atoms with Crippen molar-refractivity contribution in [3.8, 4) is 28.9 Å². The van der Waals surface area contributed by atoms with Gasteiger partial charge in [-0.2, -0.15) is 10.1 Å². The van der Waals surface area contributed by atoms with Crippen LogP contribution in [0.4, 0.5) is 4.39 Å². The molecule has 2 heterocycles. The minimum atomic E-state index is -0.501. The molecule has 0 spiro atoms. The first-order valence-corrected chi connectivity index (χ1v) is 5.31. The lowest BCUT2D eigenvalue weighted by Gasteiger charge is -2.01. The van der Waals surface area contributed by atoms with Gasteiger partial charge < -0.3 is 9.26 Å². The molecule has 0 saturated carbocycles. The molecule has 0 unspecified atom stereocenters. The molecule has 0 aliphatic heterocycles. The fraction of sp³-hybridized carbons (Fsp3) is 0.0909. The van der Waals surface area contributed by atoms with E-state index in [2.05, 4.69) is 25.3 Å². The average Bonchev–Trinajstić information content (AvgIpc) is 3.09. The number of aromatic amines is 1. The van der Waals surface area contributed by atoms with Crippen LogP contribution >= 0.6 is 0 Å². The first-order chi connectivity index (χ1) is 9.28. The van der Waals surface area contributed by atoms with Gasteiger partial charge in [-0.25, -0.2) is 9.37 Å². The SMILES string of the molecule is COc1ccc(-c2nc(-c3ncn[nH]3)no2)cc1F. The standard InChI is InChI=1S/C11H8FN5O2/c1-18-8-3-2-6(4-7(8)12)11-15-10(17-19-11)9-13-5-14-16-9/h2-5H,1H3,(H,13,14,16). The van der Waals surface area contributed by atoms with Crippen LogP contribution in [-0.4, -0.2) is 32.4 Å². The summed E-state index contributed by atoms with van der Waals surface area (Å²) in [6.45, 7) is 0. The van der Waals surface area contributed by atoms with Crippen molar-refractivity contribution in [2.24, 2.45) is 0 Å². The van der Waals surface area contributed by atoms with Gasteiger partial charge in [-0.15, -0.1) is 0 Å². The second kappa shape index (κ2) is 4.48. The highest BCUT2D eigenvalue weighted by Crippen LogP contribution is 2.25. The molecular weight excluding hydrogens is 253 g/mol. The maximum Gasteiger partial charge on any atom is 0.258 e. The van der Waals surface area contributed by atoms with Crippen molar-refractivity contribution >= 4 is 0 Å². The zero-order chi connectivity index (χ0) is 13.2. The molecule has 0 aliphatic rings. The lowest BCUT2D eigenvalue weighted by molar-refractivity contribution is 0.386. The number of nitrogens with zero attached hydrogens (tertiary/aromatic N) is 4. The molecule has 19 heavy (non-hydrogen) atoms. The van der Waals surface area contributed by atoms with E-state index in [9.17, 15) is 4.39 Å².